The highest BCUT2D eigenvalue weighted by molar-refractivity contribution is 9.11. The zero-order valence-corrected chi connectivity index (χ0v) is 13.8. The van der Waals surface area contributed by atoms with Gasteiger partial charge < -0.3 is 15.2 Å². The van der Waals surface area contributed by atoms with Gasteiger partial charge in [0.1, 0.15) is 0 Å². The molecule has 0 aromatic heterocycles. The summed E-state index contributed by atoms with van der Waals surface area (Å²) in [4.78, 5) is 0. The first-order chi connectivity index (χ1) is 8.58. The molecule has 0 aliphatic heterocycles. The molecule has 1 aromatic carbocycles. The molecule has 1 rings (SSSR count). The number of hydrogen-bond acceptors (Lipinski definition) is 3. The summed E-state index contributed by atoms with van der Waals surface area (Å²) < 4.78 is 7.13. The summed E-state index contributed by atoms with van der Waals surface area (Å²) in [6, 6.07) is 6.33. The van der Waals surface area contributed by atoms with Crippen LogP contribution in [0.4, 0.5) is 0 Å². The molecular formula is C13H19Br2NO2. The maximum Gasteiger partial charge on any atom is 0.0585 e. The Morgan fingerprint density at radius 2 is 2.11 bits per heavy atom. The summed E-state index contributed by atoms with van der Waals surface area (Å²) in [5.74, 6) is 0. The lowest BCUT2D eigenvalue weighted by Gasteiger charge is -2.22. The Morgan fingerprint density at radius 3 is 2.67 bits per heavy atom. The molecule has 0 spiro atoms. The Morgan fingerprint density at radius 1 is 1.39 bits per heavy atom. The lowest BCUT2D eigenvalue weighted by Crippen LogP contribution is -2.35. The number of aliphatic hydroxyl groups excluding tert-OH is 1. The summed E-state index contributed by atoms with van der Waals surface area (Å²) in [5, 5.41) is 12.7. The van der Waals surface area contributed by atoms with E-state index >= 15 is 0 Å². The van der Waals surface area contributed by atoms with Crippen LogP contribution in [0, 0.1) is 0 Å². The lowest BCUT2D eigenvalue weighted by atomic mass is 10.1. The average Bonchev–Trinajstić information content (AvgIpc) is 2.34. The van der Waals surface area contributed by atoms with Crippen LogP contribution in [0.2, 0.25) is 0 Å². The van der Waals surface area contributed by atoms with Crippen LogP contribution in [-0.2, 0) is 4.74 Å². The summed E-state index contributed by atoms with van der Waals surface area (Å²) in [6.45, 7) is 2.85. The molecule has 2 N–H and O–H groups in total. The van der Waals surface area contributed by atoms with Crippen LogP contribution in [0.25, 0.3) is 0 Å². The zero-order chi connectivity index (χ0) is 13.5. The highest BCUT2D eigenvalue weighted by Crippen LogP contribution is 2.27. The number of aliphatic hydroxyl groups is 1. The van der Waals surface area contributed by atoms with Crippen molar-refractivity contribution in [1.82, 2.24) is 5.32 Å². The van der Waals surface area contributed by atoms with E-state index in [0.717, 1.165) is 15.4 Å². The first-order valence-corrected chi connectivity index (χ1v) is 7.48. The van der Waals surface area contributed by atoms with Crippen LogP contribution in [0.15, 0.2) is 27.1 Å². The van der Waals surface area contributed by atoms with E-state index in [4.69, 9.17) is 4.74 Å². The molecule has 0 heterocycles. The first-order valence-electron chi connectivity index (χ1n) is 5.89. The summed E-state index contributed by atoms with van der Waals surface area (Å²) >= 11 is 6.99. The first kappa shape index (κ1) is 16.1. The van der Waals surface area contributed by atoms with Gasteiger partial charge in [-0.3, -0.25) is 0 Å². The second-order valence-corrected chi connectivity index (χ2v) is 5.99. The number of benzene rings is 1. The molecule has 0 aliphatic carbocycles. The van der Waals surface area contributed by atoms with Crippen molar-refractivity contribution in [3.63, 3.8) is 0 Å². The van der Waals surface area contributed by atoms with Gasteiger partial charge >= 0.3 is 0 Å². The van der Waals surface area contributed by atoms with Gasteiger partial charge in [-0.1, -0.05) is 37.9 Å². The number of nitrogens with one attached hydrogen (secondary N) is 1. The molecule has 1 aromatic rings. The van der Waals surface area contributed by atoms with Crippen LogP contribution in [0.1, 0.15) is 24.9 Å². The standard InChI is InChI=1S/C13H19Br2NO2/c1-9(16-11(8-17)5-6-18-2)12-4-3-10(14)7-13(12)15/h3-4,7,9,11,16-17H,5-6,8H2,1-2H3. The van der Waals surface area contributed by atoms with Crippen LogP contribution < -0.4 is 5.32 Å². The average molecular weight is 381 g/mol. The predicted octanol–water partition coefficient (Wildman–Crippen LogP) is 3.26. The SMILES string of the molecule is COCCC(CO)NC(C)c1ccc(Br)cc1Br. The van der Waals surface area contributed by atoms with E-state index in [1.807, 2.05) is 12.1 Å². The lowest BCUT2D eigenvalue weighted by molar-refractivity contribution is 0.155. The Kier molecular flexibility index (Phi) is 7.41. The van der Waals surface area contributed by atoms with Crippen LogP contribution in [-0.4, -0.2) is 31.5 Å². The topological polar surface area (TPSA) is 41.5 Å². The van der Waals surface area contributed by atoms with Gasteiger partial charge in [-0.25, -0.2) is 0 Å². The third-order valence-corrected chi connectivity index (χ3v) is 3.99. The van der Waals surface area contributed by atoms with E-state index < -0.39 is 0 Å². The quantitative estimate of drug-likeness (QED) is 0.762. The van der Waals surface area contributed by atoms with Gasteiger partial charge in [0, 0.05) is 34.7 Å². The second kappa shape index (κ2) is 8.27. The highest BCUT2D eigenvalue weighted by atomic mass is 79.9. The fraction of sp³-hybridized carbons (Fsp3) is 0.538. The minimum Gasteiger partial charge on any atom is -0.395 e. The van der Waals surface area contributed by atoms with Crippen molar-refractivity contribution in [2.75, 3.05) is 20.3 Å². The second-order valence-electron chi connectivity index (χ2n) is 4.22. The number of halogens is 2. The Balaban J connectivity index is 2.65. The molecule has 102 valence electrons. The van der Waals surface area contributed by atoms with Gasteiger partial charge in [0.25, 0.3) is 0 Å². The maximum absolute atomic E-state index is 9.32. The fourth-order valence-electron chi connectivity index (χ4n) is 1.78. The monoisotopic (exact) mass is 379 g/mol. The van der Waals surface area contributed by atoms with E-state index in [-0.39, 0.29) is 18.7 Å². The van der Waals surface area contributed by atoms with Gasteiger partial charge in [0.05, 0.1) is 6.61 Å². The minimum atomic E-state index is 0.0514. The summed E-state index contributed by atoms with van der Waals surface area (Å²) in [7, 11) is 1.67. The van der Waals surface area contributed by atoms with Crippen molar-refractivity contribution in [2.45, 2.75) is 25.4 Å². The van der Waals surface area contributed by atoms with E-state index in [0.29, 0.717) is 6.61 Å². The number of rotatable bonds is 7. The van der Waals surface area contributed by atoms with Gasteiger partial charge in [-0.05, 0) is 31.0 Å². The molecule has 0 saturated heterocycles. The van der Waals surface area contributed by atoms with E-state index in [1.165, 1.54) is 5.56 Å². The van der Waals surface area contributed by atoms with E-state index in [1.54, 1.807) is 7.11 Å². The van der Waals surface area contributed by atoms with E-state index in [2.05, 4.69) is 50.2 Å². The van der Waals surface area contributed by atoms with Crippen molar-refractivity contribution in [2.24, 2.45) is 0 Å². The predicted molar refractivity (Wildman–Crippen MR) is 80.8 cm³/mol. The molecule has 2 unspecified atom stereocenters. The Hall–Kier alpha value is 0.0600. The van der Waals surface area contributed by atoms with Crippen LogP contribution >= 0.6 is 31.9 Å². The van der Waals surface area contributed by atoms with Crippen molar-refractivity contribution >= 4 is 31.9 Å². The van der Waals surface area contributed by atoms with Crippen molar-refractivity contribution < 1.29 is 9.84 Å². The number of methoxy groups -OCH3 is 1. The zero-order valence-electron chi connectivity index (χ0n) is 10.6. The third kappa shape index (κ3) is 4.97. The highest BCUT2D eigenvalue weighted by Gasteiger charge is 2.14. The van der Waals surface area contributed by atoms with Crippen molar-refractivity contribution in [3.05, 3.63) is 32.7 Å². The number of ether oxygens (including phenoxy) is 1. The molecule has 5 heteroatoms. The molecule has 3 nitrogen and oxygen atoms in total. The molecule has 0 radical (unpaired) electrons. The normalized spacial score (nSPS) is 14.5. The molecular weight excluding hydrogens is 362 g/mol. The smallest absolute Gasteiger partial charge is 0.0585 e. The third-order valence-electron chi connectivity index (χ3n) is 2.81. The van der Waals surface area contributed by atoms with Crippen molar-refractivity contribution in [3.8, 4) is 0 Å². The van der Waals surface area contributed by atoms with Crippen molar-refractivity contribution in [1.29, 1.82) is 0 Å². The Labute approximate surface area is 125 Å². The maximum atomic E-state index is 9.32. The largest absolute Gasteiger partial charge is 0.395 e. The van der Waals surface area contributed by atoms with E-state index in [9.17, 15) is 5.11 Å². The summed E-state index contributed by atoms with van der Waals surface area (Å²) in [6.07, 6.45) is 0.797. The number of hydrogen-bond donors (Lipinski definition) is 2. The Bertz CT molecular complexity index is 374. The molecule has 0 bridgehead atoms. The van der Waals surface area contributed by atoms with Gasteiger partial charge in [-0.2, -0.15) is 0 Å². The van der Waals surface area contributed by atoms with Gasteiger partial charge in [0.2, 0.25) is 0 Å². The van der Waals surface area contributed by atoms with Crippen LogP contribution in [0.5, 0.6) is 0 Å². The van der Waals surface area contributed by atoms with Crippen LogP contribution in [0.3, 0.4) is 0 Å². The van der Waals surface area contributed by atoms with Gasteiger partial charge in [0.15, 0.2) is 0 Å². The molecule has 0 fully saturated rings. The molecule has 0 saturated carbocycles. The molecule has 18 heavy (non-hydrogen) atoms. The van der Waals surface area contributed by atoms with Gasteiger partial charge in [-0.15, -0.1) is 0 Å². The molecule has 0 aliphatic rings. The summed E-state index contributed by atoms with van der Waals surface area (Å²) in [5.41, 5.74) is 1.18. The minimum absolute atomic E-state index is 0.0514. The molecule has 0 amide bonds. The molecule has 2 atom stereocenters. The fourth-order valence-corrected chi connectivity index (χ4v) is 3.17.